The van der Waals surface area contributed by atoms with Crippen molar-refractivity contribution in [1.82, 2.24) is 0 Å². The van der Waals surface area contributed by atoms with E-state index in [1.807, 2.05) is 18.4 Å². The lowest BCUT2D eigenvalue weighted by Gasteiger charge is -2.05. The Kier molecular flexibility index (Phi) is 3.91. The van der Waals surface area contributed by atoms with Crippen molar-refractivity contribution in [1.29, 1.82) is 0 Å². The summed E-state index contributed by atoms with van der Waals surface area (Å²) in [6, 6.07) is 6.94. The third-order valence-electron chi connectivity index (χ3n) is 2.14. The summed E-state index contributed by atoms with van der Waals surface area (Å²) in [6.45, 7) is 1.40. The van der Waals surface area contributed by atoms with E-state index in [1.54, 1.807) is 23.9 Å². The SMILES string of the molecule is CSc1ccc(C(=O)C(C)C(=O)O)cc1. The van der Waals surface area contributed by atoms with Crippen molar-refractivity contribution < 1.29 is 14.7 Å². The van der Waals surface area contributed by atoms with Gasteiger partial charge >= 0.3 is 5.97 Å². The average molecular weight is 224 g/mol. The van der Waals surface area contributed by atoms with E-state index in [-0.39, 0.29) is 5.78 Å². The molecule has 0 aliphatic carbocycles. The van der Waals surface area contributed by atoms with Crippen LogP contribution in [0.3, 0.4) is 0 Å². The second kappa shape index (κ2) is 4.98. The van der Waals surface area contributed by atoms with Crippen molar-refractivity contribution in [2.45, 2.75) is 11.8 Å². The Labute approximate surface area is 92.5 Å². The minimum atomic E-state index is -1.09. The van der Waals surface area contributed by atoms with Gasteiger partial charge in [0.25, 0.3) is 0 Å². The molecule has 80 valence electrons. The van der Waals surface area contributed by atoms with Gasteiger partial charge in [-0.1, -0.05) is 12.1 Å². The number of benzene rings is 1. The van der Waals surface area contributed by atoms with Gasteiger partial charge in [0.15, 0.2) is 5.78 Å². The molecule has 1 N–H and O–H groups in total. The Morgan fingerprint density at radius 1 is 1.27 bits per heavy atom. The van der Waals surface area contributed by atoms with Gasteiger partial charge in [-0.05, 0) is 25.3 Å². The molecule has 0 spiro atoms. The third-order valence-corrected chi connectivity index (χ3v) is 2.88. The number of carbonyl (C=O) groups excluding carboxylic acids is 1. The Bertz CT molecular complexity index is 370. The molecule has 0 saturated heterocycles. The lowest BCUT2D eigenvalue weighted by molar-refractivity contribution is -0.139. The fraction of sp³-hybridized carbons (Fsp3) is 0.273. The van der Waals surface area contributed by atoms with Crippen molar-refractivity contribution in [2.24, 2.45) is 5.92 Å². The monoisotopic (exact) mass is 224 g/mol. The standard InChI is InChI=1S/C11H12O3S/c1-7(11(13)14)10(12)8-3-5-9(15-2)6-4-8/h3-7H,1-2H3,(H,13,14). The summed E-state index contributed by atoms with van der Waals surface area (Å²) >= 11 is 1.58. The number of hydrogen-bond donors (Lipinski definition) is 1. The van der Waals surface area contributed by atoms with Crippen molar-refractivity contribution in [3.63, 3.8) is 0 Å². The summed E-state index contributed by atoms with van der Waals surface area (Å²) in [4.78, 5) is 23.3. The first-order valence-corrected chi connectivity index (χ1v) is 5.70. The van der Waals surface area contributed by atoms with Gasteiger partial charge in [0, 0.05) is 10.5 Å². The molecule has 0 radical (unpaired) electrons. The topological polar surface area (TPSA) is 54.4 Å². The predicted octanol–water partition coefficient (Wildman–Crippen LogP) is 2.31. The molecule has 0 saturated carbocycles. The number of carbonyl (C=O) groups is 2. The highest BCUT2D eigenvalue weighted by Crippen LogP contribution is 2.16. The normalized spacial score (nSPS) is 12.1. The van der Waals surface area contributed by atoms with Gasteiger partial charge in [-0.15, -0.1) is 11.8 Å². The van der Waals surface area contributed by atoms with Crippen molar-refractivity contribution in [3.05, 3.63) is 29.8 Å². The van der Waals surface area contributed by atoms with E-state index in [1.165, 1.54) is 6.92 Å². The molecule has 0 heterocycles. The lowest BCUT2D eigenvalue weighted by Crippen LogP contribution is -2.20. The van der Waals surface area contributed by atoms with Crippen LogP contribution in [0.5, 0.6) is 0 Å². The summed E-state index contributed by atoms with van der Waals surface area (Å²) in [7, 11) is 0. The van der Waals surface area contributed by atoms with Gasteiger partial charge < -0.3 is 5.11 Å². The van der Waals surface area contributed by atoms with Crippen LogP contribution in [-0.2, 0) is 4.79 Å². The Balaban J connectivity index is 2.87. The minimum absolute atomic E-state index is 0.352. The number of rotatable bonds is 4. The maximum Gasteiger partial charge on any atom is 0.314 e. The van der Waals surface area contributed by atoms with Crippen molar-refractivity contribution >= 4 is 23.5 Å². The van der Waals surface area contributed by atoms with Crippen LogP contribution in [0, 0.1) is 5.92 Å². The van der Waals surface area contributed by atoms with E-state index in [2.05, 4.69) is 0 Å². The van der Waals surface area contributed by atoms with E-state index < -0.39 is 11.9 Å². The zero-order valence-corrected chi connectivity index (χ0v) is 9.38. The Morgan fingerprint density at radius 3 is 2.20 bits per heavy atom. The molecule has 0 fully saturated rings. The van der Waals surface area contributed by atoms with E-state index in [0.29, 0.717) is 5.56 Å². The van der Waals surface area contributed by atoms with Gasteiger partial charge in [0.2, 0.25) is 0 Å². The number of ketones is 1. The summed E-state index contributed by atoms with van der Waals surface area (Å²) < 4.78 is 0. The molecule has 15 heavy (non-hydrogen) atoms. The maximum absolute atomic E-state index is 11.6. The number of thioether (sulfide) groups is 1. The van der Waals surface area contributed by atoms with Gasteiger partial charge in [-0.2, -0.15) is 0 Å². The van der Waals surface area contributed by atoms with Crippen LogP contribution in [0.15, 0.2) is 29.2 Å². The van der Waals surface area contributed by atoms with E-state index in [4.69, 9.17) is 5.11 Å². The van der Waals surface area contributed by atoms with Gasteiger partial charge in [0.1, 0.15) is 5.92 Å². The first-order chi connectivity index (χ1) is 7.06. The molecular weight excluding hydrogens is 212 g/mol. The largest absolute Gasteiger partial charge is 0.481 e. The highest BCUT2D eigenvalue weighted by atomic mass is 32.2. The van der Waals surface area contributed by atoms with Crippen molar-refractivity contribution in [3.8, 4) is 0 Å². The molecule has 4 heteroatoms. The van der Waals surface area contributed by atoms with Crippen LogP contribution in [0.2, 0.25) is 0 Å². The molecule has 1 rings (SSSR count). The summed E-state index contributed by atoms with van der Waals surface area (Å²) in [5.41, 5.74) is 0.447. The smallest absolute Gasteiger partial charge is 0.314 e. The zero-order chi connectivity index (χ0) is 11.4. The van der Waals surface area contributed by atoms with Crippen molar-refractivity contribution in [2.75, 3.05) is 6.26 Å². The number of carboxylic acid groups (broad SMARTS) is 1. The van der Waals surface area contributed by atoms with Crippen LogP contribution in [0.4, 0.5) is 0 Å². The highest BCUT2D eigenvalue weighted by Gasteiger charge is 2.21. The molecule has 1 aromatic rings. The van der Waals surface area contributed by atoms with Gasteiger partial charge in [-0.25, -0.2) is 0 Å². The zero-order valence-electron chi connectivity index (χ0n) is 8.56. The molecule has 0 bridgehead atoms. The number of carboxylic acids is 1. The fourth-order valence-corrected chi connectivity index (χ4v) is 1.53. The summed E-state index contributed by atoms with van der Waals surface area (Å²) in [5, 5.41) is 8.69. The molecule has 1 aromatic carbocycles. The quantitative estimate of drug-likeness (QED) is 0.484. The van der Waals surface area contributed by atoms with E-state index in [0.717, 1.165) is 4.90 Å². The average Bonchev–Trinajstić information content (AvgIpc) is 2.27. The number of Topliss-reactive ketones (excluding diaryl/α,β-unsaturated/α-hetero) is 1. The molecule has 3 nitrogen and oxygen atoms in total. The predicted molar refractivity (Wildman–Crippen MR) is 59.4 cm³/mol. The van der Waals surface area contributed by atoms with Crippen LogP contribution in [-0.4, -0.2) is 23.1 Å². The molecule has 0 aliphatic rings. The van der Waals surface area contributed by atoms with Crippen LogP contribution in [0.25, 0.3) is 0 Å². The van der Waals surface area contributed by atoms with Gasteiger partial charge in [-0.3, -0.25) is 9.59 Å². The third kappa shape index (κ3) is 2.83. The summed E-state index contributed by atoms with van der Waals surface area (Å²) in [5.74, 6) is -2.42. The number of aliphatic carboxylic acids is 1. The second-order valence-electron chi connectivity index (χ2n) is 3.15. The fourth-order valence-electron chi connectivity index (χ4n) is 1.12. The second-order valence-corrected chi connectivity index (χ2v) is 4.03. The van der Waals surface area contributed by atoms with E-state index in [9.17, 15) is 9.59 Å². The van der Waals surface area contributed by atoms with Crippen LogP contribution >= 0.6 is 11.8 Å². The summed E-state index contributed by atoms with van der Waals surface area (Å²) in [6.07, 6.45) is 1.94. The lowest BCUT2D eigenvalue weighted by atomic mass is 10.00. The number of hydrogen-bond acceptors (Lipinski definition) is 3. The van der Waals surface area contributed by atoms with Crippen LogP contribution in [0.1, 0.15) is 17.3 Å². The highest BCUT2D eigenvalue weighted by molar-refractivity contribution is 7.98. The van der Waals surface area contributed by atoms with Gasteiger partial charge in [0.05, 0.1) is 0 Å². The first-order valence-electron chi connectivity index (χ1n) is 4.47. The first kappa shape index (κ1) is 11.8. The molecule has 0 aromatic heterocycles. The van der Waals surface area contributed by atoms with Crippen LogP contribution < -0.4 is 0 Å². The van der Waals surface area contributed by atoms with E-state index >= 15 is 0 Å². The molecule has 0 aliphatic heterocycles. The Morgan fingerprint density at radius 2 is 1.80 bits per heavy atom. The molecule has 1 atom stereocenters. The Hall–Kier alpha value is -1.29. The minimum Gasteiger partial charge on any atom is -0.481 e. The molecular formula is C11H12O3S. The molecule has 0 amide bonds. The molecule has 1 unspecified atom stereocenters. The maximum atomic E-state index is 11.6.